The van der Waals surface area contributed by atoms with Gasteiger partial charge in [0.05, 0.1) is 36.6 Å². The van der Waals surface area contributed by atoms with Crippen molar-refractivity contribution in [3.63, 3.8) is 0 Å². The number of carboxylic acid groups (broad SMARTS) is 2. The Kier molecular flexibility index (Phi) is 25.3. The molecule has 0 aromatic carbocycles. The summed E-state index contributed by atoms with van der Waals surface area (Å²) >= 11 is 0. The molecule has 0 spiro atoms. The van der Waals surface area contributed by atoms with Crippen molar-refractivity contribution in [2.75, 3.05) is 0 Å². The van der Waals surface area contributed by atoms with Crippen LogP contribution in [0.15, 0.2) is 12.2 Å². The molecule has 2 aliphatic heterocycles. The Morgan fingerprint density at radius 1 is 0.681 bits per heavy atom. The predicted octanol–water partition coefficient (Wildman–Crippen LogP) is 5.32. The Bertz CT molecular complexity index is 839. The number of unbranched alkanes of at least 4 members (excludes halogenated alkanes) is 9. The van der Waals surface area contributed by atoms with Crippen LogP contribution in [-0.4, -0.2) is 104 Å². The molecule has 2 heterocycles. The smallest absolute Gasteiger partial charge is 0.327 e. The Labute approximate surface area is 282 Å². The van der Waals surface area contributed by atoms with Gasteiger partial charge in [-0.05, 0) is 59.8 Å². The van der Waals surface area contributed by atoms with Gasteiger partial charge in [-0.3, -0.25) is 4.79 Å². The van der Waals surface area contributed by atoms with Crippen LogP contribution in [0.2, 0.25) is 0 Å². The standard InChI is InChI=1S/C17H32O6.C17H30O6.CH4/c2*1-12(9-7-5-3-4-6-8-10-16(20)21)22-17-15(19)11-14(18)13(2)23-17;/h12-15,17-19H,3-11H2,1-2H3,(H,20,21);8,10,12-15,17-19H,3-7,9,11H2,1-2H3,(H,20,21);1H4/b;10-8+;/t2*12-,13?,14+,15?,17+;/m00./s1. The fraction of sp³-hybridized carbons (Fsp3) is 0.886. The van der Waals surface area contributed by atoms with E-state index in [-0.39, 0.29) is 51.1 Å². The minimum absolute atomic E-state index is 0. The highest BCUT2D eigenvalue weighted by atomic mass is 16.7. The molecule has 0 bridgehead atoms. The highest BCUT2D eigenvalue weighted by molar-refractivity contribution is 5.79. The van der Waals surface area contributed by atoms with Crippen molar-refractivity contribution < 1.29 is 59.2 Å². The van der Waals surface area contributed by atoms with Crippen LogP contribution in [0.3, 0.4) is 0 Å². The van der Waals surface area contributed by atoms with Gasteiger partial charge in [-0.25, -0.2) is 4.79 Å². The second kappa shape index (κ2) is 26.3. The zero-order valence-corrected chi connectivity index (χ0v) is 28.4. The quantitative estimate of drug-likeness (QED) is 0.0677. The fourth-order valence-corrected chi connectivity index (χ4v) is 5.37. The second-order valence-corrected chi connectivity index (χ2v) is 12.8. The van der Waals surface area contributed by atoms with Crippen molar-refractivity contribution in [1.29, 1.82) is 0 Å². The van der Waals surface area contributed by atoms with Crippen LogP contribution in [0.4, 0.5) is 0 Å². The van der Waals surface area contributed by atoms with Crippen molar-refractivity contribution in [2.24, 2.45) is 0 Å². The normalized spacial score (nSPS) is 28.9. The zero-order chi connectivity index (χ0) is 34.5. The first-order valence-electron chi connectivity index (χ1n) is 17.2. The van der Waals surface area contributed by atoms with Gasteiger partial charge in [0, 0.05) is 25.3 Å². The maximum absolute atomic E-state index is 10.4. The van der Waals surface area contributed by atoms with E-state index in [4.69, 9.17) is 29.2 Å². The summed E-state index contributed by atoms with van der Waals surface area (Å²) in [4.78, 5) is 20.7. The number of rotatable bonds is 21. The monoisotopic (exact) mass is 678 g/mol. The molecule has 0 amide bonds. The molecule has 10 atom stereocenters. The zero-order valence-electron chi connectivity index (χ0n) is 28.4. The van der Waals surface area contributed by atoms with E-state index in [2.05, 4.69) is 0 Å². The third kappa shape index (κ3) is 21.8. The first-order chi connectivity index (χ1) is 21.8. The summed E-state index contributed by atoms with van der Waals surface area (Å²) in [5.41, 5.74) is 0. The Morgan fingerprint density at radius 2 is 1.09 bits per heavy atom. The van der Waals surface area contributed by atoms with Gasteiger partial charge < -0.3 is 49.6 Å². The van der Waals surface area contributed by atoms with Gasteiger partial charge >= 0.3 is 11.9 Å². The molecule has 4 unspecified atom stereocenters. The number of aliphatic carboxylic acids is 2. The van der Waals surface area contributed by atoms with Crippen molar-refractivity contribution >= 4 is 11.9 Å². The van der Waals surface area contributed by atoms with Crippen LogP contribution >= 0.6 is 0 Å². The van der Waals surface area contributed by atoms with Crippen LogP contribution < -0.4 is 0 Å². The number of aliphatic hydroxyl groups is 4. The SMILES string of the molecule is C.CC1O[C@@H](O[C@@H](C)CCCCCC/C=C/C(=O)O)C(O)C[C@H]1O.CC1O[C@@H](O[C@@H](C)CCCCCCCCC(=O)O)C(O)C[C@H]1O. The Balaban J connectivity index is 0.000000882. The van der Waals surface area contributed by atoms with Crippen LogP contribution in [0.1, 0.15) is 138 Å². The average molecular weight is 679 g/mol. The summed E-state index contributed by atoms with van der Waals surface area (Å²) in [5, 5.41) is 56.0. The van der Waals surface area contributed by atoms with Gasteiger partial charge in [-0.15, -0.1) is 0 Å². The van der Waals surface area contributed by atoms with Crippen molar-refractivity contribution in [2.45, 2.75) is 199 Å². The maximum Gasteiger partial charge on any atom is 0.327 e. The summed E-state index contributed by atoms with van der Waals surface area (Å²) in [6, 6.07) is 0. The minimum Gasteiger partial charge on any atom is -0.481 e. The van der Waals surface area contributed by atoms with Gasteiger partial charge in [0.25, 0.3) is 0 Å². The van der Waals surface area contributed by atoms with E-state index in [9.17, 15) is 30.0 Å². The molecule has 0 radical (unpaired) electrons. The van der Waals surface area contributed by atoms with E-state index >= 15 is 0 Å². The van der Waals surface area contributed by atoms with Gasteiger partial charge in [0.2, 0.25) is 0 Å². The molecule has 6 N–H and O–H groups in total. The number of allylic oxidation sites excluding steroid dienone is 1. The third-order valence-electron chi connectivity index (χ3n) is 8.35. The highest BCUT2D eigenvalue weighted by Gasteiger charge is 2.36. The lowest BCUT2D eigenvalue weighted by Crippen LogP contribution is -2.48. The van der Waals surface area contributed by atoms with Crippen LogP contribution in [0.5, 0.6) is 0 Å². The number of aliphatic hydroxyl groups excluding tert-OH is 4. The number of ether oxygens (including phenoxy) is 4. The van der Waals surface area contributed by atoms with Gasteiger partial charge in [-0.1, -0.05) is 64.9 Å². The summed E-state index contributed by atoms with van der Waals surface area (Å²) in [7, 11) is 0. The fourth-order valence-electron chi connectivity index (χ4n) is 5.37. The van der Waals surface area contributed by atoms with E-state index < -0.39 is 48.9 Å². The Morgan fingerprint density at radius 3 is 1.51 bits per heavy atom. The molecule has 2 saturated heterocycles. The molecule has 12 nitrogen and oxygen atoms in total. The molecule has 278 valence electrons. The minimum atomic E-state index is -0.898. The first-order valence-corrected chi connectivity index (χ1v) is 17.2. The van der Waals surface area contributed by atoms with Crippen molar-refractivity contribution in [3.8, 4) is 0 Å². The number of hydrogen-bond donors (Lipinski definition) is 6. The molecule has 2 aliphatic rings. The number of carboxylic acids is 2. The largest absolute Gasteiger partial charge is 0.481 e. The molecule has 0 aromatic rings. The van der Waals surface area contributed by atoms with E-state index in [1.807, 2.05) is 13.8 Å². The van der Waals surface area contributed by atoms with E-state index in [1.54, 1.807) is 19.9 Å². The highest BCUT2D eigenvalue weighted by Crippen LogP contribution is 2.24. The molecule has 2 rings (SSSR count). The molecule has 0 aliphatic carbocycles. The van der Waals surface area contributed by atoms with Crippen molar-refractivity contribution in [1.82, 2.24) is 0 Å². The number of carbonyl (C=O) groups is 2. The molecule has 47 heavy (non-hydrogen) atoms. The summed E-state index contributed by atoms with van der Waals surface area (Å²) in [6.07, 6.45) is 11.7. The van der Waals surface area contributed by atoms with E-state index in [0.29, 0.717) is 0 Å². The average Bonchev–Trinajstić information content (AvgIpc) is 2.97. The molecule has 12 heteroatoms. The summed E-state index contributed by atoms with van der Waals surface area (Å²) in [5.74, 6) is -1.62. The van der Waals surface area contributed by atoms with Gasteiger partial charge in [0.1, 0.15) is 12.2 Å². The van der Waals surface area contributed by atoms with Crippen LogP contribution in [0.25, 0.3) is 0 Å². The van der Waals surface area contributed by atoms with Gasteiger partial charge in [-0.2, -0.15) is 0 Å². The maximum atomic E-state index is 10.4. The van der Waals surface area contributed by atoms with Gasteiger partial charge in [0.15, 0.2) is 12.6 Å². The lowest BCUT2D eigenvalue weighted by Gasteiger charge is -2.36. The lowest BCUT2D eigenvalue weighted by molar-refractivity contribution is -0.273. The second-order valence-electron chi connectivity index (χ2n) is 12.8. The summed E-state index contributed by atoms with van der Waals surface area (Å²) < 4.78 is 22.5. The van der Waals surface area contributed by atoms with Crippen LogP contribution in [-0.2, 0) is 28.5 Å². The molecule has 0 aromatic heterocycles. The molecule has 2 fully saturated rings. The van der Waals surface area contributed by atoms with Crippen molar-refractivity contribution in [3.05, 3.63) is 12.2 Å². The topological polar surface area (TPSA) is 192 Å². The van der Waals surface area contributed by atoms with Crippen LogP contribution in [0, 0.1) is 0 Å². The summed E-state index contributed by atoms with van der Waals surface area (Å²) in [6.45, 7) is 7.48. The van der Waals surface area contributed by atoms with E-state index in [1.165, 1.54) is 6.08 Å². The third-order valence-corrected chi connectivity index (χ3v) is 8.35. The Hall–Kier alpha value is -1.64. The lowest BCUT2D eigenvalue weighted by atomic mass is 10.0. The molecular formula is C35H66O12. The molecular weight excluding hydrogens is 612 g/mol. The predicted molar refractivity (Wildman–Crippen MR) is 179 cm³/mol. The molecule has 0 saturated carbocycles. The first kappa shape index (κ1) is 45.4. The van der Waals surface area contributed by atoms with E-state index in [0.717, 1.165) is 83.5 Å². The number of hydrogen-bond acceptors (Lipinski definition) is 10.